The number of hydrogen-bond acceptors (Lipinski definition) is 3. The average Bonchev–Trinajstić information content (AvgIpc) is 3.17. The second-order valence-corrected chi connectivity index (χ2v) is 5.22. The standard InChI is InChI=1S/C16H14FNO4/c17-12-4-2-1-3-11(12)13-5-6-14(22-13)15(19)18-8-7-10(9-18)16(20)21/h1-6,10H,7-9H2,(H,20,21)/t10-/m1/s1. The van der Waals surface area contributed by atoms with Gasteiger partial charge in [0.2, 0.25) is 0 Å². The van der Waals surface area contributed by atoms with Crippen LogP contribution in [0.5, 0.6) is 0 Å². The molecule has 6 heteroatoms. The minimum atomic E-state index is -0.901. The molecule has 2 heterocycles. The summed E-state index contributed by atoms with van der Waals surface area (Å²) in [7, 11) is 0. The molecule has 0 aliphatic carbocycles. The van der Waals surface area contributed by atoms with Gasteiger partial charge in [0.25, 0.3) is 5.91 Å². The van der Waals surface area contributed by atoms with Crippen LogP contribution in [0.4, 0.5) is 4.39 Å². The van der Waals surface area contributed by atoms with Crippen molar-refractivity contribution in [1.29, 1.82) is 0 Å². The summed E-state index contributed by atoms with van der Waals surface area (Å²) >= 11 is 0. The summed E-state index contributed by atoms with van der Waals surface area (Å²) < 4.78 is 19.1. The fourth-order valence-corrected chi connectivity index (χ4v) is 2.56. The molecular weight excluding hydrogens is 289 g/mol. The van der Waals surface area contributed by atoms with Gasteiger partial charge in [-0.05, 0) is 30.7 Å². The monoisotopic (exact) mass is 303 g/mol. The lowest BCUT2D eigenvalue weighted by Crippen LogP contribution is -2.29. The van der Waals surface area contributed by atoms with Crippen LogP contribution in [0.25, 0.3) is 11.3 Å². The van der Waals surface area contributed by atoms with E-state index in [2.05, 4.69) is 0 Å². The number of furan rings is 1. The largest absolute Gasteiger partial charge is 0.481 e. The van der Waals surface area contributed by atoms with Gasteiger partial charge in [-0.15, -0.1) is 0 Å². The molecule has 1 aliphatic rings. The number of rotatable bonds is 3. The van der Waals surface area contributed by atoms with Crippen molar-refractivity contribution >= 4 is 11.9 Å². The summed E-state index contributed by atoms with van der Waals surface area (Å²) in [5.74, 6) is -1.87. The first-order valence-corrected chi connectivity index (χ1v) is 6.93. The normalized spacial score (nSPS) is 17.7. The highest BCUT2D eigenvalue weighted by Crippen LogP contribution is 2.26. The summed E-state index contributed by atoms with van der Waals surface area (Å²) in [5.41, 5.74) is 0.284. The third-order valence-electron chi connectivity index (χ3n) is 3.78. The van der Waals surface area contributed by atoms with Crippen LogP contribution >= 0.6 is 0 Å². The maximum absolute atomic E-state index is 13.7. The highest BCUT2D eigenvalue weighted by atomic mass is 19.1. The Kier molecular flexibility index (Phi) is 3.66. The molecule has 5 nitrogen and oxygen atoms in total. The third-order valence-corrected chi connectivity index (χ3v) is 3.78. The molecule has 1 atom stereocenters. The van der Waals surface area contributed by atoms with Crippen LogP contribution in [0.2, 0.25) is 0 Å². The number of carbonyl (C=O) groups excluding carboxylic acids is 1. The van der Waals surface area contributed by atoms with Crippen LogP contribution in [0, 0.1) is 11.7 Å². The summed E-state index contributed by atoms with van der Waals surface area (Å²) in [6.07, 6.45) is 0.432. The van der Waals surface area contributed by atoms with Crippen molar-refractivity contribution in [3.8, 4) is 11.3 Å². The summed E-state index contributed by atoms with van der Waals surface area (Å²) in [6.45, 7) is 0.551. The fraction of sp³-hybridized carbons (Fsp3) is 0.250. The van der Waals surface area contributed by atoms with E-state index in [1.165, 1.54) is 23.1 Å². The smallest absolute Gasteiger partial charge is 0.308 e. The molecule has 22 heavy (non-hydrogen) atoms. The summed E-state index contributed by atoms with van der Waals surface area (Å²) in [4.78, 5) is 24.7. The van der Waals surface area contributed by atoms with E-state index in [0.29, 0.717) is 13.0 Å². The zero-order valence-electron chi connectivity index (χ0n) is 11.7. The zero-order valence-corrected chi connectivity index (χ0v) is 11.7. The molecule has 0 spiro atoms. The number of halogens is 1. The van der Waals surface area contributed by atoms with E-state index in [1.807, 2.05) is 0 Å². The molecule has 114 valence electrons. The van der Waals surface area contributed by atoms with Gasteiger partial charge in [0.15, 0.2) is 5.76 Å². The maximum Gasteiger partial charge on any atom is 0.308 e. The van der Waals surface area contributed by atoms with Crippen LogP contribution in [0.3, 0.4) is 0 Å². The first-order valence-electron chi connectivity index (χ1n) is 6.93. The Morgan fingerprint density at radius 3 is 2.68 bits per heavy atom. The first-order chi connectivity index (χ1) is 10.6. The SMILES string of the molecule is O=C(O)[C@@H]1CCN(C(=O)c2ccc(-c3ccccc3F)o2)C1. The molecule has 1 amide bonds. The van der Waals surface area contributed by atoms with Crippen molar-refractivity contribution in [3.63, 3.8) is 0 Å². The van der Waals surface area contributed by atoms with Crippen molar-refractivity contribution in [2.24, 2.45) is 5.92 Å². The van der Waals surface area contributed by atoms with Gasteiger partial charge in [-0.2, -0.15) is 0 Å². The Balaban J connectivity index is 1.78. The topological polar surface area (TPSA) is 70.8 Å². The number of aliphatic carboxylic acids is 1. The van der Waals surface area contributed by atoms with Crippen LogP contribution in [-0.4, -0.2) is 35.0 Å². The number of benzene rings is 1. The predicted molar refractivity (Wildman–Crippen MR) is 75.7 cm³/mol. The third kappa shape index (κ3) is 2.59. The molecule has 1 N–H and O–H groups in total. The minimum Gasteiger partial charge on any atom is -0.481 e. The zero-order chi connectivity index (χ0) is 15.7. The van der Waals surface area contributed by atoms with Gasteiger partial charge in [0, 0.05) is 13.1 Å². The van der Waals surface area contributed by atoms with E-state index in [-0.39, 0.29) is 29.5 Å². The van der Waals surface area contributed by atoms with E-state index in [0.717, 1.165) is 0 Å². The Labute approximate surface area is 126 Å². The highest BCUT2D eigenvalue weighted by molar-refractivity contribution is 5.92. The Hall–Kier alpha value is -2.63. The molecule has 1 aromatic carbocycles. The van der Waals surface area contributed by atoms with Gasteiger partial charge in [-0.1, -0.05) is 12.1 Å². The molecule has 0 bridgehead atoms. The molecule has 1 fully saturated rings. The summed E-state index contributed by atoms with van der Waals surface area (Å²) in [5, 5.41) is 8.96. The van der Waals surface area contributed by atoms with E-state index < -0.39 is 17.7 Å². The molecule has 0 radical (unpaired) electrons. The van der Waals surface area contributed by atoms with Gasteiger partial charge in [-0.25, -0.2) is 4.39 Å². The average molecular weight is 303 g/mol. The number of hydrogen-bond donors (Lipinski definition) is 1. The van der Waals surface area contributed by atoms with Crippen LogP contribution in [0.15, 0.2) is 40.8 Å². The first kappa shape index (κ1) is 14.3. The van der Waals surface area contributed by atoms with Crippen molar-refractivity contribution in [2.75, 3.05) is 13.1 Å². The quantitative estimate of drug-likeness (QED) is 0.946. The van der Waals surface area contributed by atoms with Gasteiger partial charge in [0.1, 0.15) is 11.6 Å². The molecule has 1 aliphatic heterocycles. The lowest BCUT2D eigenvalue weighted by molar-refractivity contribution is -0.141. The lowest BCUT2D eigenvalue weighted by atomic mass is 10.1. The van der Waals surface area contributed by atoms with Crippen molar-refractivity contribution < 1.29 is 23.5 Å². The van der Waals surface area contributed by atoms with Crippen LogP contribution < -0.4 is 0 Å². The number of likely N-dealkylation sites (tertiary alicyclic amines) is 1. The minimum absolute atomic E-state index is 0.0873. The van der Waals surface area contributed by atoms with Crippen molar-refractivity contribution in [1.82, 2.24) is 4.90 Å². The van der Waals surface area contributed by atoms with Crippen LogP contribution in [0.1, 0.15) is 17.0 Å². The van der Waals surface area contributed by atoms with E-state index in [4.69, 9.17) is 9.52 Å². The number of carboxylic acid groups (broad SMARTS) is 1. The Morgan fingerprint density at radius 1 is 1.23 bits per heavy atom. The molecule has 1 saturated heterocycles. The Bertz CT molecular complexity index is 724. The molecule has 0 unspecified atom stereocenters. The van der Waals surface area contributed by atoms with Gasteiger partial charge < -0.3 is 14.4 Å². The van der Waals surface area contributed by atoms with E-state index >= 15 is 0 Å². The predicted octanol–water partition coefficient (Wildman–Crippen LogP) is 2.63. The number of nitrogens with zero attached hydrogens (tertiary/aromatic N) is 1. The molecule has 3 rings (SSSR count). The maximum atomic E-state index is 13.7. The number of carbonyl (C=O) groups is 2. The lowest BCUT2D eigenvalue weighted by Gasteiger charge is -2.13. The van der Waals surface area contributed by atoms with Crippen molar-refractivity contribution in [3.05, 3.63) is 48.0 Å². The van der Waals surface area contributed by atoms with E-state index in [1.54, 1.807) is 18.2 Å². The molecule has 1 aromatic heterocycles. The second-order valence-electron chi connectivity index (χ2n) is 5.22. The molecule has 0 saturated carbocycles. The number of carboxylic acids is 1. The van der Waals surface area contributed by atoms with E-state index in [9.17, 15) is 14.0 Å². The Morgan fingerprint density at radius 2 is 2.00 bits per heavy atom. The molecular formula is C16H14FNO4. The highest BCUT2D eigenvalue weighted by Gasteiger charge is 2.32. The van der Waals surface area contributed by atoms with Gasteiger partial charge in [0.05, 0.1) is 11.5 Å². The number of amides is 1. The second kappa shape index (κ2) is 5.63. The van der Waals surface area contributed by atoms with Crippen LogP contribution in [-0.2, 0) is 4.79 Å². The van der Waals surface area contributed by atoms with Gasteiger partial charge >= 0.3 is 5.97 Å². The van der Waals surface area contributed by atoms with Crippen molar-refractivity contribution in [2.45, 2.75) is 6.42 Å². The summed E-state index contributed by atoms with van der Waals surface area (Å²) in [6, 6.07) is 9.16. The molecule has 2 aromatic rings. The van der Waals surface area contributed by atoms with Gasteiger partial charge in [-0.3, -0.25) is 9.59 Å². The fourth-order valence-electron chi connectivity index (χ4n) is 2.56.